The standard InChI is InChI=1S/C24H33N3O3/c1-2-25-24(26-13-7-14-28-18-21-12-15-29-19-21)27-17-20-8-6-11-23(16-20)30-22-9-4-3-5-10-22/h3-6,8-11,16,21H,2,7,12-15,17-19H2,1H3,(H2,25,26,27). The molecule has 0 amide bonds. The summed E-state index contributed by atoms with van der Waals surface area (Å²) in [6, 6.07) is 17.8. The largest absolute Gasteiger partial charge is 0.457 e. The molecule has 1 aliphatic heterocycles. The van der Waals surface area contributed by atoms with Crippen molar-refractivity contribution in [3.8, 4) is 11.5 Å². The molecular formula is C24H33N3O3. The molecule has 30 heavy (non-hydrogen) atoms. The van der Waals surface area contributed by atoms with E-state index in [9.17, 15) is 0 Å². The van der Waals surface area contributed by atoms with Crippen molar-refractivity contribution >= 4 is 5.96 Å². The van der Waals surface area contributed by atoms with Crippen molar-refractivity contribution in [2.45, 2.75) is 26.3 Å². The molecule has 1 fully saturated rings. The average Bonchev–Trinajstić information content (AvgIpc) is 3.29. The third-order valence-electron chi connectivity index (χ3n) is 4.78. The van der Waals surface area contributed by atoms with Gasteiger partial charge < -0.3 is 24.8 Å². The van der Waals surface area contributed by atoms with Crippen molar-refractivity contribution in [3.63, 3.8) is 0 Å². The molecule has 1 unspecified atom stereocenters. The third kappa shape index (κ3) is 8.05. The molecule has 6 nitrogen and oxygen atoms in total. The quantitative estimate of drug-likeness (QED) is 0.333. The summed E-state index contributed by atoms with van der Waals surface area (Å²) in [5.74, 6) is 3.03. The fourth-order valence-corrected chi connectivity index (χ4v) is 3.19. The molecule has 1 heterocycles. The molecule has 0 aromatic heterocycles. The van der Waals surface area contributed by atoms with Crippen LogP contribution in [0.3, 0.4) is 0 Å². The molecule has 2 aromatic rings. The third-order valence-corrected chi connectivity index (χ3v) is 4.78. The van der Waals surface area contributed by atoms with Crippen molar-refractivity contribution in [2.75, 3.05) is 39.5 Å². The summed E-state index contributed by atoms with van der Waals surface area (Å²) in [4.78, 5) is 4.69. The minimum atomic E-state index is 0.568. The Bertz CT molecular complexity index is 761. The van der Waals surface area contributed by atoms with Crippen molar-refractivity contribution < 1.29 is 14.2 Å². The number of guanidine groups is 1. The van der Waals surface area contributed by atoms with Gasteiger partial charge in [-0.15, -0.1) is 0 Å². The Labute approximate surface area is 179 Å². The van der Waals surface area contributed by atoms with E-state index in [1.54, 1.807) is 0 Å². The lowest BCUT2D eigenvalue weighted by atomic mass is 10.1. The average molecular weight is 412 g/mol. The predicted molar refractivity (Wildman–Crippen MR) is 120 cm³/mol. The number of benzene rings is 2. The fourth-order valence-electron chi connectivity index (χ4n) is 3.19. The summed E-state index contributed by atoms with van der Waals surface area (Å²) in [6.45, 7) is 7.56. The Morgan fingerprint density at radius 2 is 1.97 bits per heavy atom. The first-order chi connectivity index (χ1) is 14.8. The number of aliphatic imine (C=N–C) groups is 1. The van der Waals surface area contributed by atoms with Crippen LogP contribution in [0.15, 0.2) is 59.6 Å². The Hall–Kier alpha value is -2.57. The van der Waals surface area contributed by atoms with Crippen LogP contribution in [0, 0.1) is 5.92 Å². The zero-order valence-electron chi connectivity index (χ0n) is 17.8. The Morgan fingerprint density at radius 3 is 2.77 bits per heavy atom. The van der Waals surface area contributed by atoms with E-state index in [0.717, 1.165) is 75.4 Å². The van der Waals surface area contributed by atoms with Crippen LogP contribution in [0.25, 0.3) is 0 Å². The number of nitrogens with zero attached hydrogens (tertiary/aromatic N) is 1. The molecule has 0 bridgehead atoms. The zero-order valence-corrected chi connectivity index (χ0v) is 17.8. The van der Waals surface area contributed by atoms with E-state index in [-0.39, 0.29) is 0 Å². The Balaban J connectivity index is 1.41. The van der Waals surface area contributed by atoms with Gasteiger partial charge >= 0.3 is 0 Å². The lowest BCUT2D eigenvalue weighted by Gasteiger charge is -2.12. The highest BCUT2D eigenvalue weighted by Crippen LogP contribution is 2.22. The number of hydrogen-bond donors (Lipinski definition) is 2. The molecule has 0 radical (unpaired) electrons. The van der Waals surface area contributed by atoms with E-state index in [1.165, 1.54) is 0 Å². The first-order valence-electron chi connectivity index (χ1n) is 10.8. The molecule has 6 heteroatoms. The molecule has 1 saturated heterocycles. The summed E-state index contributed by atoms with van der Waals surface area (Å²) in [6.07, 6.45) is 2.06. The number of para-hydroxylation sites is 1. The van der Waals surface area contributed by atoms with Crippen LogP contribution in [0.5, 0.6) is 11.5 Å². The second kappa shape index (κ2) is 12.9. The molecule has 0 aliphatic carbocycles. The van der Waals surface area contributed by atoms with Crippen LogP contribution in [0.1, 0.15) is 25.3 Å². The zero-order chi connectivity index (χ0) is 20.9. The van der Waals surface area contributed by atoms with E-state index in [1.807, 2.05) is 48.5 Å². The number of nitrogens with one attached hydrogen (secondary N) is 2. The van der Waals surface area contributed by atoms with Gasteiger partial charge in [0, 0.05) is 32.2 Å². The Kier molecular flexibility index (Phi) is 9.50. The van der Waals surface area contributed by atoms with Crippen LogP contribution in [0.4, 0.5) is 0 Å². The number of rotatable bonds is 11. The van der Waals surface area contributed by atoms with Gasteiger partial charge in [0.15, 0.2) is 5.96 Å². The molecule has 0 spiro atoms. The SMILES string of the molecule is CCNC(=NCc1cccc(Oc2ccccc2)c1)NCCCOCC1CCOC1. The van der Waals surface area contributed by atoms with Gasteiger partial charge in [0.2, 0.25) is 0 Å². The van der Waals surface area contributed by atoms with Gasteiger partial charge in [-0.05, 0) is 49.6 Å². The first-order valence-corrected chi connectivity index (χ1v) is 10.8. The topological polar surface area (TPSA) is 64.1 Å². The molecule has 162 valence electrons. The summed E-state index contributed by atoms with van der Waals surface area (Å²) in [5.41, 5.74) is 1.10. The molecule has 0 saturated carbocycles. The Morgan fingerprint density at radius 1 is 1.10 bits per heavy atom. The second-order valence-corrected chi connectivity index (χ2v) is 7.34. The smallest absolute Gasteiger partial charge is 0.191 e. The van der Waals surface area contributed by atoms with Gasteiger partial charge in [0.05, 0.1) is 19.8 Å². The maximum absolute atomic E-state index is 5.91. The van der Waals surface area contributed by atoms with E-state index < -0.39 is 0 Å². The first kappa shape index (κ1) is 22.1. The number of ether oxygens (including phenoxy) is 3. The van der Waals surface area contributed by atoms with Crippen LogP contribution in [-0.2, 0) is 16.0 Å². The van der Waals surface area contributed by atoms with Gasteiger partial charge in [-0.3, -0.25) is 0 Å². The maximum atomic E-state index is 5.91. The predicted octanol–water partition coefficient (Wildman–Crippen LogP) is 3.98. The fraction of sp³-hybridized carbons (Fsp3) is 0.458. The lowest BCUT2D eigenvalue weighted by Crippen LogP contribution is -2.38. The molecule has 1 atom stereocenters. The summed E-state index contributed by atoms with van der Waals surface area (Å²) in [5, 5.41) is 6.67. The lowest BCUT2D eigenvalue weighted by molar-refractivity contribution is 0.0888. The summed E-state index contributed by atoms with van der Waals surface area (Å²) < 4.78 is 17.0. The van der Waals surface area contributed by atoms with Crippen LogP contribution in [-0.4, -0.2) is 45.5 Å². The van der Waals surface area contributed by atoms with Crippen LogP contribution < -0.4 is 15.4 Å². The van der Waals surface area contributed by atoms with E-state index in [2.05, 4.69) is 23.6 Å². The van der Waals surface area contributed by atoms with Crippen molar-refractivity contribution in [1.82, 2.24) is 10.6 Å². The van der Waals surface area contributed by atoms with Crippen molar-refractivity contribution in [1.29, 1.82) is 0 Å². The highest BCUT2D eigenvalue weighted by molar-refractivity contribution is 5.79. The monoisotopic (exact) mass is 411 g/mol. The van der Waals surface area contributed by atoms with Gasteiger partial charge in [-0.2, -0.15) is 0 Å². The van der Waals surface area contributed by atoms with Crippen LogP contribution in [0.2, 0.25) is 0 Å². The minimum absolute atomic E-state index is 0.568. The van der Waals surface area contributed by atoms with E-state index in [4.69, 9.17) is 19.2 Å². The van der Waals surface area contributed by atoms with Gasteiger partial charge in [-0.1, -0.05) is 30.3 Å². The number of hydrogen-bond acceptors (Lipinski definition) is 4. The normalized spacial score (nSPS) is 16.4. The van der Waals surface area contributed by atoms with Crippen LogP contribution >= 0.6 is 0 Å². The molecule has 3 rings (SSSR count). The molecular weight excluding hydrogens is 378 g/mol. The second-order valence-electron chi connectivity index (χ2n) is 7.34. The van der Waals surface area contributed by atoms with Crippen molar-refractivity contribution in [2.24, 2.45) is 10.9 Å². The van der Waals surface area contributed by atoms with E-state index in [0.29, 0.717) is 12.5 Å². The van der Waals surface area contributed by atoms with Crippen molar-refractivity contribution in [3.05, 3.63) is 60.2 Å². The summed E-state index contributed by atoms with van der Waals surface area (Å²) in [7, 11) is 0. The summed E-state index contributed by atoms with van der Waals surface area (Å²) >= 11 is 0. The molecule has 2 aromatic carbocycles. The highest BCUT2D eigenvalue weighted by Gasteiger charge is 2.15. The molecule has 2 N–H and O–H groups in total. The molecule has 1 aliphatic rings. The van der Waals surface area contributed by atoms with E-state index >= 15 is 0 Å². The van der Waals surface area contributed by atoms with Gasteiger partial charge in [0.1, 0.15) is 11.5 Å². The highest BCUT2D eigenvalue weighted by atomic mass is 16.5. The van der Waals surface area contributed by atoms with Gasteiger partial charge in [0.25, 0.3) is 0 Å². The van der Waals surface area contributed by atoms with Gasteiger partial charge in [-0.25, -0.2) is 4.99 Å². The maximum Gasteiger partial charge on any atom is 0.191 e. The minimum Gasteiger partial charge on any atom is -0.457 e.